The second-order valence-corrected chi connectivity index (χ2v) is 4.99. The van der Waals surface area contributed by atoms with Crippen molar-refractivity contribution in [1.29, 1.82) is 0 Å². The molecule has 1 aromatic heterocycles. The van der Waals surface area contributed by atoms with Gasteiger partial charge >= 0.3 is 0 Å². The number of nitrogens with zero attached hydrogens (tertiary/aromatic N) is 2. The topological polar surface area (TPSA) is 43.8 Å². The van der Waals surface area contributed by atoms with Crippen LogP contribution in [0.2, 0.25) is 0 Å². The smallest absolute Gasteiger partial charge is 0.140 e. The van der Waals surface area contributed by atoms with E-state index in [1.807, 2.05) is 36.7 Å². The lowest BCUT2D eigenvalue weighted by molar-refractivity contribution is 0.806. The summed E-state index contributed by atoms with van der Waals surface area (Å²) in [5, 5.41) is 0. The fourth-order valence-electron chi connectivity index (χ4n) is 2.34. The van der Waals surface area contributed by atoms with Crippen molar-refractivity contribution in [3.8, 4) is 11.4 Å². The van der Waals surface area contributed by atoms with Crippen LogP contribution < -0.4 is 5.73 Å². The summed E-state index contributed by atoms with van der Waals surface area (Å²) in [7, 11) is 0. The van der Waals surface area contributed by atoms with Crippen molar-refractivity contribution in [3.63, 3.8) is 0 Å². The van der Waals surface area contributed by atoms with Gasteiger partial charge in [0.25, 0.3) is 0 Å². The average Bonchev–Trinajstić information content (AvgIpc) is 2.88. The quantitative estimate of drug-likeness (QED) is 0.735. The van der Waals surface area contributed by atoms with E-state index in [9.17, 15) is 0 Å². The zero-order valence-electron chi connectivity index (χ0n) is 11.5. The first-order chi connectivity index (χ1) is 9.72. The van der Waals surface area contributed by atoms with E-state index in [2.05, 4.69) is 40.7 Å². The third-order valence-corrected chi connectivity index (χ3v) is 3.32. The molecule has 0 saturated heterocycles. The van der Waals surface area contributed by atoms with Crippen LogP contribution >= 0.6 is 0 Å². The number of nitrogens with two attached hydrogens (primary N) is 1. The second kappa shape index (κ2) is 5.21. The Morgan fingerprint density at radius 1 is 1.10 bits per heavy atom. The number of hydrogen-bond donors (Lipinski definition) is 1. The van der Waals surface area contributed by atoms with Crippen LogP contribution in [0, 0.1) is 6.92 Å². The molecule has 0 aliphatic carbocycles. The summed E-state index contributed by atoms with van der Waals surface area (Å²) >= 11 is 0. The van der Waals surface area contributed by atoms with Crippen LogP contribution in [-0.2, 0) is 6.54 Å². The fourth-order valence-corrected chi connectivity index (χ4v) is 2.34. The molecule has 0 aliphatic rings. The normalized spacial score (nSPS) is 10.7. The Kier molecular flexibility index (Phi) is 3.25. The molecule has 3 rings (SSSR count). The predicted octanol–water partition coefficient (Wildman–Crippen LogP) is 3.49. The van der Waals surface area contributed by atoms with E-state index in [1.165, 1.54) is 11.1 Å². The van der Waals surface area contributed by atoms with Crippen molar-refractivity contribution in [3.05, 3.63) is 72.1 Å². The lowest BCUT2D eigenvalue weighted by Crippen LogP contribution is -2.01. The summed E-state index contributed by atoms with van der Waals surface area (Å²) in [4.78, 5) is 4.46. The summed E-state index contributed by atoms with van der Waals surface area (Å²) in [5.41, 5.74) is 10.1. The van der Waals surface area contributed by atoms with Crippen molar-refractivity contribution < 1.29 is 0 Å². The zero-order chi connectivity index (χ0) is 13.9. The van der Waals surface area contributed by atoms with Gasteiger partial charge in [0.05, 0.1) is 0 Å². The van der Waals surface area contributed by atoms with Gasteiger partial charge in [0.2, 0.25) is 0 Å². The van der Waals surface area contributed by atoms with Crippen LogP contribution in [0.25, 0.3) is 11.4 Å². The molecule has 0 bridgehead atoms. The lowest BCUT2D eigenvalue weighted by atomic mass is 10.1. The summed E-state index contributed by atoms with van der Waals surface area (Å²) in [6.07, 6.45) is 3.84. The molecule has 0 saturated carbocycles. The summed E-state index contributed by atoms with van der Waals surface area (Å²) < 4.78 is 2.15. The van der Waals surface area contributed by atoms with E-state index in [0.717, 1.165) is 23.6 Å². The molecule has 0 unspecified atom stereocenters. The molecule has 0 fully saturated rings. The van der Waals surface area contributed by atoms with Gasteiger partial charge in [-0.25, -0.2) is 4.98 Å². The Bertz CT molecular complexity index is 711. The largest absolute Gasteiger partial charge is 0.399 e. The number of benzene rings is 2. The third-order valence-electron chi connectivity index (χ3n) is 3.32. The minimum atomic E-state index is 0.769. The molecule has 3 nitrogen and oxygen atoms in total. The Labute approximate surface area is 118 Å². The first kappa shape index (κ1) is 12.5. The van der Waals surface area contributed by atoms with Crippen LogP contribution in [0.3, 0.4) is 0 Å². The van der Waals surface area contributed by atoms with E-state index in [4.69, 9.17) is 5.73 Å². The van der Waals surface area contributed by atoms with Crippen LogP contribution in [0.5, 0.6) is 0 Å². The van der Waals surface area contributed by atoms with Crippen LogP contribution in [-0.4, -0.2) is 9.55 Å². The molecule has 100 valence electrons. The number of hydrogen-bond acceptors (Lipinski definition) is 2. The van der Waals surface area contributed by atoms with Gasteiger partial charge in [-0.3, -0.25) is 0 Å². The Morgan fingerprint density at radius 3 is 2.65 bits per heavy atom. The van der Waals surface area contributed by atoms with Gasteiger partial charge in [-0.2, -0.15) is 0 Å². The van der Waals surface area contributed by atoms with E-state index in [1.54, 1.807) is 0 Å². The van der Waals surface area contributed by atoms with Gasteiger partial charge in [-0.15, -0.1) is 0 Å². The molecule has 0 aliphatic heterocycles. The van der Waals surface area contributed by atoms with E-state index in [0.29, 0.717) is 0 Å². The van der Waals surface area contributed by atoms with Gasteiger partial charge in [-0.05, 0) is 36.8 Å². The summed E-state index contributed by atoms with van der Waals surface area (Å²) in [6.45, 7) is 2.93. The maximum atomic E-state index is 5.73. The molecule has 3 heteroatoms. The first-order valence-corrected chi connectivity index (χ1v) is 6.65. The van der Waals surface area contributed by atoms with Gasteiger partial charge in [0.1, 0.15) is 5.82 Å². The Balaban J connectivity index is 1.92. The van der Waals surface area contributed by atoms with Crippen molar-refractivity contribution >= 4 is 5.69 Å². The molecule has 3 aromatic rings. The molecule has 2 N–H and O–H groups in total. The zero-order valence-corrected chi connectivity index (χ0v) is 11.5. The molecule has 2 aromatic carbocycles. The molecule has 0 amide bonds. The van der Waals surface area contributed by atoms with E-state index >= 15 is 0 Å². The van der Waals surface area contributed by atoms with Crippen molar-refractivity contribution in [2.24, 2.45) is 0 Å². The molecular weight excluding hydrogens is 246 g/mol. The third kappa shape index (κ3) is 2.57. The van der Waals surface area contributed by atoms with Crippen LogP contribution in [0.4, 0.5) is 5.69 Å². The number of rotatable bonds is 3. The molecule has 20 heavy (non-hydrogen) atoms. The fraction of sp³-hybridized carbons (Fsp3) is 0.118. The van der Waals surface area contributed by atoms with Gasteiger partial charge in [-0.1, -0.05) is 29.8 Å². The highest BCUT2D eigenvalue weighted by atomic mass is 15.1. The highest BCUT2D eigenvalue weighted by Gasteiger charge is 2.06. The first-order valence-electron chi connectivity index (χ1n) is 6.65. The highest BCUT2D eigenvalue weighted by Crippen LogP contribution is 2.20. The maximum absolute atomic E-state index is 5.73. The van der Waals surface area contributed by atoms with Crippen molar-refractivity contribution in [2.45, 2.75) is 13.5 Å². The minimum Gasteiger partial charge on any atom is -0.399 e. The van der Waals surface area contributed by atoms with Gasteiger partial charge < -0.3 is 10.3 Å². The second-order valence-electron chi connectivity index (χ2n) is 4.99. The lowest BCUT2D eigenvalue weighted by Gasteiger charge is -2.09. The Hall–Kier alpha value is -2.55. The Morgan fingerprint density at radius 2 is 1.90 bits per heavy atom. The SMILES string of the molecule is Cc1cccc(Cn2ccnc2-c2ccc(N)cc2)c1. The summed E-state index contributed by atoms with van der Waals surface area (Å²) in [5.74, 6) is 0.964. The number of anilines is 1. The standard InChI is InChI=1S/C17H17N3/c1-13-3-2-4-14(11-13)12-20-10-9-19-17(20)15-5-7-16(18)8-6-15/h2-11H,12,18H2,1H3. The molecular formula is C17H17N3. The average molecular weight is 263 g/mol. The van der Waals surface area contributed by atoms with Gasteiger partial charge in [0, 0.05) is 30.2 Å². The molecule has 1 heterocycles. The monoisotopic (exact) mass is 263 g/mol. The highest BCUT2D eigenvalue weighted by molar-refractivity contribution is 5.59. The number of aromatic nitrogens is 2. The number of nitrogen functional groups attached to an aromatic ring is 1. The maximum Gasteiger partial charge on any atom is 0.140 e. The number of aryl methyl sites for hydroxylation is 1. The molecule has 0 radical (unpaired) electrons. The molecule has 0 spiro atoms. The van der Waals surface area contributed by atoms with Gasteiger partial charge in [0.15, 0.2) is 0 Å². The predicted molar refractivity (Wildman–Crippen MR) is 82.4 cm³/mol. The molecule has 0 atom stereocenters. The summed E-state index contributed by atoms with van der Waals surface area (Å²) in [6, 6.07) is 16.4. The van der Waals surface area contributed by atoms with E-state index < -0.39 is 0 Å². The van der Waals surface area contributed by atoms with Crippen molar-refractivity contribution in [1.82, 2.24) is 9.55 Å². The van der Waals surface area contributed by atoms with Crippen LogP contribution in [0.1, 0.15) is 11.1 Å². The van der Waals surface area contributed by atoms with Crippen molar-refractivity contribution in [2.75, 3.05) is 5.73 Å². The van der Waals surface area contributed by atoms with Crippen LogP contribution in [0.15, 0.2) is 60.9 Å². The number of imidazole rings is 1. The van der Waals surface area contributed by atoms with E-state index in [-0.39, 0.29) is 0 Å². The minimum absolute atomic E-state index is 0.769.